The van der Waals surface area contributed by atoms with E-state index in [0.29, 0.717) is 13.2 Å². The minimum Gasteiger partial charge on any atom is -0.493 e. The summed E-state index contributed by atoms with van der Waals surface area (Å²) in [6.07, 6.45) is 0.852. The summed E-state index contributed by atoms with van der Waals surface area (Å²) in [5, 5.41) is 0. The van der Waals surface area contributed by atoms with Crippen LogP contribution in [0.15, 0.2) is 18.2 Å². The van der Waals surface area contributed by atoms with E-state index in [1.165, 1.54) is 12.1 Å². The highest BCUT2D eigenvalue weighted by Crippen LogP contribution is 2.18. The van der Waals surface area contributed by atoms with Crippen LogP contribution in [0.5, 0.6) is 5.75 Å². The molecule has 0 heterocycles. The van der Waals surface area contributed by atoms with E-state index in [1.807, 2.05) is 13.8 Å². The summed E-state index contributed by atoms with van der Waals surface area (Å²) >= 11 is 0. The van der Waals surface area contributed by atoms with Crippen molar-refractivity contribution in [3.63, 3.8) is 0 Å². The number of benzene rings is 1. The average Bonchev–Trinajstić information content (AvgIpc) is 2.20. The molecule has 0 radical (unpaired) electrons. The molecule has 0 aliphatic heterocycles. The van der Waals surface area contributed by atoms with Gasteiger partial charge in [0, 0.05) is 19.6 Å². The average molecular weight is 212 g/mol. The third kappa shape index (κ3) is 4.30. The lowest BCUT2D eigenvalue weighted by atomic mass is 10.2. The van der Waals surface area contributed by atoms with Crippen LogP contribution in [0.2, 0.25) is 0 Å². The first-order valence-electron chi connectivity index (χ1n) is 5.20. The monoisotopic (exact) mass is 212 g/mol. The molecule has 2 nitrogen and oxygen atoms in total. The summed E-state index contributed by atoms with van der Waals surface area (Å²) in [5.41, 5.74) is 0.825. The topological polar surface area (TPSA) is 18.5 Å². The normalized spacial score (nSPS) is 10.3. The van der Waals surface area contributed by atoms with Crippen molar-refractivity contribution in [2.75, 3.05) is 19.8 Å². The van der Waals surface area contributed by atoms with Gasteiger partial charge in [-0.25, -0.2) is 4.39 Å². The van der Waals surface area contributed by atoms with Crippen LogP contribution < -0.4 is 4.74 Å². The number of aryl methyl sites for hydroxylation is 1. The van der Waals surface area contributed by atoms with Crippen molar-refractivity contribution < 1.29 is 13.9 Å². The van der Waals surface area contributed by atoms with Gasteiger partial charge in [-0.3, -0.25) is 0 Å². The molecule has 0 atom stereocenters. The van der Waals surface area contributed by atoms with Crippen molar-refractivity contribution in [3.05, 3.63) is 29.6 Å². The van der Waals surface area contributed by atoms with Crippen molar-refractivity contribution in [2.45, 2.75) is 20.3 Å². The molecule has 0 fully saturated rings. The summed E-state index contributed by atoms with van der Waals surface area (Å²) in [7, 11) is 0. The molecule has 1 aromatic rings. The van der Waals surface area contributed by atoms with Gasteiger partial charge in [0.05, 0.1) is 6.61 Å². The van der Waals surface area contributed by atoms with Crippen LogP contribution >= 0.6 is 0 Å². The van der Waals surface area contributed by atoms with E-state index in [2.05, 4.69) is 0 Å². The molecule has 0 saturated carbocycles. The number of ether oxygens (including phenoxy) is 2. The van der Waals surface area contributed by atoms with Crippen molar-refractivity contribution >= 4 is 0 Å². The lowest BCUT2D eigenvalue weighted by Gasteiger charge is -2.08. The van der Waals surface area contributed by atoms with E-state index in [9.17, 15) is 4.39 Å². The number of halogens is 1. The van der Waals surface area contributed by atoms with Gasteiger partial charge in [0.2, 0.25) is 0 Å². The maximum Gasteiger partial charge on any atom is 0.123 e. The third-order valence-corrected chi connectivity index (χ3v) is 2.03. The molecule has 3 heteroatoms. The van der Waals surface area contributed by atoms with Crippen LogP contribution in [0.25, 0.3) is 0 Å². The molecular weight excluding hydrogens is 195 g/mol. The van der Waals surface area contributed by atoms with Gasteiger partial charge < -0.3 is 9.47 Å². The molecule has 0 aliphatic rings. The van der Waals surface area contributed by atoms with E-state index in [0.717, 1.165) is 24.3 Å². The molecule has 0 amide bonds. The predicted molar refractivity (Wildman–Crippen MR) is 57.7 cm³/mol. The van der Waals surface area contributed by atoms with Crippen molar-refractivity contribution in [1.82, 2.24) is 0 Å². The summed E-state index contributed by atoms with van der Waals surface area (Å²) in [6.45, 7) is 5.84. The Balaban J connectivity index is 2.31. The number of rotatable bonds is 6. The second-order valence-electron chi connectivity index (χ2n) is 3.31. The molecule has 1 rings (SSSR count). The van der Waals surface area contributed by atoms with E-state index in [1.54, 1.807) is 6.07 Å². The highest BCUT2D eigenvalue weighted by atomic mass is 19.1. The first kappa shape index (κ1) is 12.0. The van der Waals surface area contributed by atoms with Crippen molar-refractivity contribution in [1.29, 1.82) is 0 Å². The molecule has 0 bridgehead atoms. The fourth-order valence-corrected chi connectivity index (χ4v) is 1.26. The zero-order chi connectivity index (χ0) is 11.1. The van der Waals surface area contributed by atoms with Gasteiger partial charge >= 0.3 is 0 Å². The smallest absolute Gasteiger partial charge is 0.123 e. The Morgan fingerprint density at radius 2 is 2.07 bits per heavy atom. The molecule has 0 N–H and O–H groups in total. The van der Waals surface area contributed by atoms with Crippen LogP contribution in [-0.2, 0) is 4.74 Å². The van der Waals surface area contributed by atoms with E-state index < -0.39 is 0 Å². The van der Waals surface area contributed by atoms with Crippen LogP contribution in [0.3, 0.4) is 0 Å². The van der Waals surface area contributed by atoms with Gasteiger partial charge in [0.1, 0.15) is 11.6 Å². The number of hydrogen-bond donors (Lipinski definition) is 0. The van der Waals surface area contributed by atoms with Gasteiger partial charge in [-0.05, 0) is 37.6 Å². The zero-order valence-electron chi connectivity index (χ0n) is 9.25. The van der Waals surface area contributed by atoms with Gasteiger partial charge in [-0.1, -0.05) is 0 Å². The third-order valence-electron chi connectivity index (χ3n) is 2.03. The highest BCUT2D eigenvalue weighted by molar-refractivity contribution is 5.32. The molecule has 15 heavy (non-hydrogen) atoms. The van der Waals surface area contributed by atoms with Gasteiger partial charge in [-0.15, -0.1) is 0 Å². The Bertz CT molecular complexity index is 300. The van der Waals surface area contributed by atoms with Crippen molar-refractivity contribution in [3.8, 4) is 5.75 Å². The molecule has 0 aliphatic carbocycles. The fraction of sp³-hybridized carbons (Fsp3) is 0.500. The van der Waals surface area contributed by atoms with E-state index in [-0.39, 0.29) is 5.82 Å². The minimum atomic E-state index is -0.228. The number of hydrogen-bond acceptors (Lipinski definition) is 2. The molecule has 1 aromatic carbocycles. The summed E-state index contributed by atoms with van der Waals surface area (Å²) in [6, 6.07) is 4.54. The maximum absolute atomic E-state index is 12.8. The lowest BCUT2D eigenvalue weighted by molar-refractivity contribution is 0.130. The molecule has 0 saturated heterocycles. The lowest BCUT2D eigenvalue weighted by Crippen LogP contribution is -2.03. The van der Waals surface area contributed by atoms with E-state index >= 15 is 0 Å². The van der Waals surface area contributed by atoms with Crippen molar-refractivity contribution in [2.24, 2.45) is 0 Å². The maximum atomic E-state index is 12.8. The summed E-state index contributed by atoms with van der Waals surface area (Å²) in [5.74, 6) is 0.516. The van der Waals surface area contributed by atoms with Crippen LogP contribution in [0.1, 0.15) is 18.9 Å². The minimum absolute atomic E-state index is 0.228. The first-order valence-corrected chi connectivity index (χ1v) is 5.20. The predicted octanol–water partition coefficient (Wildman–Crippen LogP) is 2.94. The van der Waals surface area contributed by atoms with E-state index in [4.69, 9.17) is 9.47 Å². The Hall–Kier alpha value is -1.09. The molecule has 0 aromatic heterocycles. The second-order valence-corrected chi connectivity index (χ2v) is 3.31. The van der Waals surface area contributed by atoms with Gasteiger partial charge in [0.15, 0.2) is 0 Å². The van der Waals surface area contributed by atoms with Crippen LogP contribution in [0, 0.1) is 12.7 Å². The highest BCUT2D eigenvalue weighted by Gasteiger charge is 2.00. The Labute approximate surface area is 90.0 Å². The largest absolute Gasteiger partial charge is 0.493 e. The quantitative estimate of drug-likeness (QED) is 0.675. The second kappa shape index (κ2) is 6.40. The van der Waals surface area contributed by atoms with Gasteiger partial charge in [0.25, 0.3) is 0 Å². The molecule has 0 spiro atoms. The summed E-state index contributed by atoms with van der Waals surface area (Å²) < 4.78 is 23.4. The zero-order valence-corrected chi connectivity index (χ0v) is 9.25. The molecule has 84 valence electrons. The Morgan fingerprint density at radius 3 is 2.73 bits per heavy atom. The Morgan fingerprint density at radius 1 is 1.27 bits per heavy atom. The summed E-state index contributed by atoms with van der Waals surface area (Å²) in [4.78, 5) is 0. The van der Waals surface area contributed by atoms with Crippen LogP contribution in [-0.4, -0.2) is 19.8 Å². The molecular formula is C12H17FO2. The van der Waals surface area contributed by atoms with Crippen LogP contribution in [0.4, 0.5) is 4.39 Å². The molecule has 0 unspecified atom stereocenters. The fourth-order valence-electron chi connectivity index (χ4n) is 1.26. The standard InChI is InChI=1S/C12H17FO2/c1-3-14-7-4-8-15-12-6-5-11(13)9-10(12)2/h5-6,9H,3-4,7-8H2,1-2H3. The first-order chi connectivity index (χ1) is 7.24. The van der Waals surface area contributed by atoms with Gasteiger partial charge in [-0.2, -0.15) is 0 Å². The Kier molecular flexibility index (Phi) is 5.12. The SMILES string of the molecule is CCOCCCOc1ccc(F)cc1C.